The second-order valence-corrected chi connectivity index (χ2v) is 4.99. The normalized spacial score (nSPS) is 19.1. The molecule has 0 radical (unpaired) electrons. The van der Waals surface area contributed by atoms with Crippen LogP contribution in [0.25, 0.3) is 0 Å². The SMILES string of the molecule is CCN(CC1CCCNC1)c1ncccc1C(N)=O. The molecule has 1 aromatic rings. The average Bonchev–Trinajstić information content (AvgIpc) is 2.46. The topological polar surface area (TPSA) is 71.2 Å². The van der Waals surface area contributed by atoms with Crippen LogP contribution in [0.15, 0.2) is 18.3 Å². The van der Waals surface area contributed by atoms with Crippen molar-refractivity contribution in [3.8, 4) is 0 Å². The summed E-state index contributed by atoms with van der Waals surface area (Å²) in [6.45, 7) is 5.97. The number of pyridine rings is 1. The number of rotatable bonds is 5. The van der Waals surface area contributed by atoms with Gasteiger partial charge in [-0.15, -0.1) is 0 Å². The number of aromatic nitrogens is 1. The summed E-state index contributed by atoms with van der Waals surface area (Å²) >= 11 is 0. The highest BCUT2D eigenvalue weighted by atomic mass is 16.1. The smallest absolute Gasteiger partial charge is 0.252 e. The summed E-state index contributed by atoms with van der Waals surface area (Å²) in [4.78, 5) is 18.0. The summed E-state index contributed by atoms with van der Waals surface area (Å²) in [5.41, 5.74) is 5.93. The maximum atomic E-state index is 11.5. The Morgan fingerprint density at radius 3 is 3.11 bits per heavy atom. The van der Waals surface area contributed by atoms with Gasteiger partial charge in [0.05, 0.1) is 5.56 Å². The fourth-order valence-corrected chi connectivity index (χ4v) is 2.60. The predicted octanol–water partition coefficient (Wildman–Crippen LogP) is 1.01. The van der Waals surface area contributed by atoms with E-state index in [0.717, 1.165) is 26.2 Å². The number of amides is 1. The number of carbonyl (C=O) groups excluding carboxylic acids is 1. The molecule has 1 unspecified atom stereocenters. The van der Waals surface area contributed by atoms with Crippen LogP contribution >= 0.6 is 0 Å². The van der Waals surface area contributed by atoms with E-state index < -0.39 is 5.91 Å². The molecule has 2 rings (SSSR count). The van der Waals surface area contributed by atoms with Crippen molar-refractivity contribution in [2.24, 2.45) is 11.7 Å². The number of nitrogens with two attached hydrogens (primary N) is 1. The van der Waals surface area contributed by atoms with Crippen LogP contribution in [0.3, 0.4) is 0 Å². The van der Waals surface area contributed by atoms with Gasteiger partial charge >= 0.3 is 0 Å². The lowest BCUT2D eigenvalue weighted by Crippen LogP contribution is -2.39. The van der Waals surface area contributed by atoms with Crippen LogP contribution in [0.1, 0.15) is 30.1 Å². The van der Waals surface area contributed by atoms with Crippen molar-refractivity contribution < 1.29 is 4.79 Å². The average molecular weight is 262 g/mol. The molecule has 3 N–H and O–H groups in total. The van der Waals surface area contributed by atoms with Crippen molar-refractivity contribution in [3.05, 3.63) is 23.9 Å². The molecule has 0 aliphatic carbocycles. The molecule has 2 heterocycles. The van der Waals surface area contributed by atoms with Gasteiger partial charge in [-0.05, 0) is 50.9 Å². The number of carbonyl (C=O) groups is 1. The Hall–Kier alpha value is -1.62. The highest BCUT2D eigenvalue weighted by Crippen LogP contribution is 2.20. The monoisotopic (exact) mass is 262 g/mol. The summed E-state index contributed by atoms with van der Waals surface area (Å²) in [6, 6.07) is 3.49. The number of nitrogens with zero attached hydrogens (tertiary/aromatic N) is 2. The van der Waals surface area contributed by atoms with Crippen LogP contribution in [0, 0.1) is 5.92 Å². The Morgan fingerprint density at radius 2 is 2.47 bits per heavy atom. The minimum absolute atomic E-state index is 0.414. The maximum Gasteiger partial charge on any atom is 0.252 e. The van der Waals surface area contributed by atoms with E-state index in [-0.39, 0.29) is 0 Å². The minimum Gasteiger partial charge on any atom is -0.365 e. The predicted molar refractivity (Wildman–Crippen MR) is 76.2 cm³/mol. The van der Waals surface area contributed by atoms with Crippen molar-refractivity contribution in [3.63, 3.8) is 0 Å². The lowest BCUT2D eigenvalue weighted by Gasteiger charge is -2.30. The minimum atomic E-state index is -0.414. The summed E-state index contributed by atoms with van der Waals surface area (Å²) < 4.78 is 0. The van der Waals surface area contributed by atoms with Gasteiger partial charge < -0.3 is 16.0 Å². The van der Waals surface area contributed by atoms with Crippen molar-refractivity contribution in [1.82, 2.24) is 10.3 Å². The van der Waals surface area contributed by atoms with Crippen molar-refractivity contribution in [1.29, 1.82) is 0 Å². The molecule has 5 nitrogen and oxygen atoms in total. The Balaban J connectivity index is 2.14. The van der Waals surface area contributed by atoms with Crippen LogP contribution in [0.4, 0.5) is 5.82 Å². The zero-order valence-corrected chi connectivity index (χ0v) is 11.4. The summed E-state index contributed by atoms with van der Waals surface area (Å²) in [5.74, 6) is 0.905. The van der Waals surface area contributed by atoms with Crippen molar-refractivity contribution in [2.45, 2.75) is 19.8 Å². The number of primary amides is 1. The van der Waals surface area contributed by atoms with Crippen LogP contribution < -0.4 is 16.0 Å². The van der Waals surface area contributed by atoms with Gasteiger partial charge in [0.15, 0.2) is 0 Å². The van der Waals surface area contributed by atoms with Crippen LogP contribution in [-0.2, 0) is 0 Å². The molecule has 1 saturated heterocycles. The molecule has 0 spiro atoms. The third-order valence-electron chi connectivity index (χ3n) is 3.61. The van der Waals surface area contributed by atoms with E-state index in [9.17, 15) is 4.79 Å². The zero-order chi connectivity index (χ0) is 13.7. The molecular weight excluding hydrogens is 240 g/mol. The van der Waals surface area contributed by atoms with Gasteiger partial charge in [-0.1, -0.05) is 0 Å². The standard InChI is InChI=1S/C14H22N4O/c1-2-18(10-11-5-3-7-16-9-11)14-12(13(15)19)6-4-8-17-14/h4,6,8,11,16H,2-3,5,7,9-10H2,1H3,(H2,15,19). The van der Waals surface area contributed by atoms with E-state index in [4.69, 9.17) is 5.73 Å². The lowest BCUT2D eigenvalue weighted by atomic mass is 9.99. The molecule has 0 saturated carbocycles. The van der Waals surface area contributed by atoms with Crippen LogP contribution in [-0.4, -0.2) is 37.1 Å². The van der Waals surface area contributed by atoms with Crippen molar-refractivity contribution >= 4 is 11.7 Å². The first kappa shape index (κ1) is 13.8. The summed E-state index contributed by atoms with van der Waals surface area (Å²) in [6.07, 6.45) is 4.15. The Kier molecular flexibility index (Phi) is 4.74. The Morgan fingerprint density at radius 1 is 1.63 bits per heavy atom. The van der Waals surface area contributed by atoms with Gasteiger partial charge in [0.1, 0.15) is 5.82 Å². The van der Waals surface area contributed by atoms with Crippen LogP contribution in [0.2, 0.25) is 0 Å². The van der Waals surface area contributed by atoms with E-state index >= 15 is 0 Å². The first-order chi connectivity index (χ1) is 9.22. The number of hydrogen-bond donors (Lipinski definition) is 2. The third-order valence-corrected chi connectivity index (χ3v) is 3.61. The zero-order valence-electron chi connectivity index (χ0n) is 11.4. The highest BCUT2D eigenvalue weighted by Gasteiger charge is 2.20. The van der Waals surface area contributed by atoms with Gasteiger partial charge in [-0.2, -0.15) is 0 Å². The Labute approximate surface area is 114 Å². The highest BCUT2D eigenvalue weighted by molar-refractivity contribution is 5.97. The number of piperidine rings is 1. The Bertz CT molecular complexity index is 429. The molecule has 19 heavy (non-hydrogen) atoms. The molecule has 1 fully saturated rings. The molecule has 104 valence electrons. The van der Waals surface area contributed by atoms with E-state index in [1.54, 1.807) is 18.3 Å². The fourth-order valence-electron chi connectivity index (χ4n) is 2.60. The first-order valence-electron chi connectivity index (χ1n) is 6.92. The fraction of sp³-hybridized carbons (Fsp3) is 0.571. The quantitative estimate of drug-likeness (QED) is 0.830. The van der Waals surface area contributed by atoms with Gasteiger partial charge in [0.2, 0.25) is 0 Å². The van der Waals surface area contributed by atoms with Gasteiger partial charge in [-0.3, -0.25) is 4.79 Å². The molecule has 1 aromatic heterocycles. The maximum absolute atomic E-state index is 11.5. The van der Waals surface area contributed by atoms with E-state index in [0.29, 0.717) is 17.3 Å². The second-order valence-electron chi connectivity index (χ2n) is 4.99. The molecule has 1 amide bonds. The first-order valence-corrected chi connectivity index (χ1v) is 6.92. The van der Waals surface area contributed by atoms with Crippen LogP contribution in [0.5, 0.6) is 0 Å². The van der Waals surface area contributed by atoms with E-state index in [1.807, 2.05) is 0 Å². The largest absolute Gasteiger partial charge is 0.365 e. The lowest BCUT2D eigenvalue weighted by molar-refractivity contribution is 0.100. The van der Waals surface area contributed by atoms with Gasteiger partial charge in [0, 0.05) is 19.3 Å². The molecule has 1 aliphatic heterocycles. The van der Waals surface area contributed by atoms with E-state index in [2.05, 4.69) is 22.1 Å². The molecule has 1 aliphatic rings. The molecule has 0 bridgehead atoms. The van der Waals surface area contributed by atoms with Gasteiger partial charge in [0.25, 0.3) is 5.91 Å². The van der Waals surface area contributed by atoms with Crippen molar-refractivity contribution in [2.75, 3.05) is 31.1 Å². The number of anilines is 1. The second kappa shape index (κ2) is 6.52. The third kappa shape index (κ3) is 3.44. The summed E-state index contributed by atoms with van der Waals surface area (Å²) in [7, 11) is 0. The number of hydrogen-bond acceptors (Lipinski definition) is 4. The van der Waals surface area contributed by atoms with E-state index in [1.165, 1.54) is 12.8 Å². The number of nitrogens with one attached hydrogen (secondary N) is 1. The summed E-state index contributed by atoms with van der Waals surface area (Å²) in [5, 5.41) is 3.41. The molecule has 1 atom stereocenters. The van der Waals surface area contributed by atoms with Gasteiger partial charge in [-0.25, -0.2) is 4.98 Å². The molecular formula is C14H22N4O. The molecule has 5 heteroatoms. The molecule has 0 aromatic carbocycles.